The highest BCUT2D eigenvalue weighted by molar-refractivity contribution is 6.09. The van der Waals surface area contributed by atoms with Crippen molar-refractivity contribution in [2.75, 3.05) is 4.90 Å². The minimum atomic E-state index is -0.111. The summed E-state index contributed by atoms with van der Waals surface area (Å²) in [6, 6.07) is 55.6. The largest absolute Gasteiger partial charge is 0.455 e. The van der Waals surface area contributed by atoms with Crippen LogP contribution >= 0.6 is 0 Å². The van der Waals surface area contributed by atoms with Crippen LogP contribution in [-0.2, 0) is 10.8 Å². The first-order chi connectivity index (χ1) is 24.3. The lowest BCUT2D eigenvalue weighted by atomic mass is 9.82. The van der Waals surface area contributed by atoms with Crippen molar-refractivity contribution in [2.45, 2.75) is 38.5 Å². The molecule has 2 nitrogen and oxygen atoms in total. The predicted octanol–water partition coefficient (Wildman–Crippen LogP) is 13.3. The van der Waals surface area contributed by atoms with Crippen LogP contribution in [0.1, 0.15) is 49.9 Å². The molecule has 0 fully saturated rings. The van der Waals surface area contributed by atoms with E-state index in [0.29, 0.717) is 0 Å². The zero-order valence-corrected chi connectivity index (χ0v) is 28.8. The van der Waals surface area contributed by atoms with Crippen LogP contribution < -0.4 is 4.90 Å². The number of anilines is 3. The van der Waals surface area contributed by atoms with Gasteiger partial charge in [-0.1, -0.05) is 143 Å². The first-order valence-electron chi connectivity index (χ1n) is 17.6. The lowest BCUT2D eigenvalue weighted by Gasteiger charge is -2.30. The molecule has 0 N–H and O–H groups in total. The molecule has 0 saturated carbocycles. The van der Waals surface area contributed by atoms with Crippen molar-refractivity contribution >= 4 is 39.0 Å². The van der Waals surface area contributed by atoms with Gasteiger partial charge in [0, 0.05) is 44.1 Å². The van der Waals surface area contributed by atoms with Crippen LogP contribution in [0.2, 0.25) is 0 Å². The van der Waals surface area contributed by atoms with Crippen LogP contribution in [0.25, 0.3) is 55.3 Å². The summed E-state index contributed by atoms with van der Waals surface area (Å²) in [6.45, 7) is 9.43. The SMILES string of the molecule is CC1(C)c2ccccc2-c2ccc(N(c3cccc(-c4cccc5c4oc4ccccc45)c3)c3cccc4c3-c3ccccc3C4(C)C)cc21. The molecule has 8 aromatic rings. The summed E-state index contributed by atoms with van der Waals surface area (Å²) in [6.07, 6.45) is 0. The fraction of sp³-hybridized carbons (Fsp3) is 0.125. The van der Waals surface area contributed by atoms with E-state index in [0.717, 1.165) is 44.4 Å². The molecule has 0 spiro atoms. The van der Waals surface area contributed by atoms with Gasteiger partial charge in [0.1, 0.15) is 11.2 Å². The summed E-state index contributed by atoms with van der Waals surface area (Å²) in [5, 5.41) is 2.28. The van der Waals surface area contributed by atoms with E-state index < -0.39 is 0 Å². The van der Waals surface area contributed by atoms with Crippen LogP contribution in [0.15, 0.2) is 156 Å². The molecule has 10 rings (SSSR count). The van der Waals surface area contributed by atoms with Gasteiger partial charge in [0.15, 0.2) is 0 Å². The number of hydrogen-bond acceptors (Lipinski definition) is 2. The summed E-state index contributed by atoms with van der Waals surface area (Å²) >= 11 is 0. The molecule has 0 amide bonds. The van der Waals surface area contributed by atoms with Gasteiger partial charge in [-0.2, -0.15) is 0 Å². The minimum absolute atomic E-state index is 0.103. The van der Waals surface area contributed by atoms with Gasteiger partial charge >= 0.3 is 0 Å². The Kier molecular flexibility index (Phi) is 6.01. The summed E-state index contributed by atoms with van der Waals surface area (Å²) in [5.74, 6) is 0. The highest BCUT2D eigenvalue weighted by Crippen LogP contribution is 2.56. The first kappa shape index (κ1) is 29.1. The number of hydrogen-bond donors (Lipinski definition) is 0. The molecule has 0 radical (unpaired) electrons. The van der Waals surface area contributed by atoms with Crippen LogP contribution in [0.5, 0.6) is 0 Å². The quantitative estimate of drug-likeness (QED) is 0.190. The van der Waals surface area contributed by atoms with Gasteiger partial charge < -0.3 is 9.32 Å². The van der Waals surface area contributed by atoms with E-state index in [1.807, 2.05) is 6.07 Å². The predicted molar refractivity (Wildman–Crippen MR) is 209 cm³/mol. The van der Waals surface area contributed by atoms with Gasteiger partial charge in [0.2, 0.25) is 0 Å². The van der Waals surface area contributed by atoms with E-state index in [-0.39, 0.29) is 10.8 Å². The van der Waals surface area contributed by atoms with Gasteiger partial charge in [-0.05, 0) is 80.9 Å². The monoisotopic (exact) mass is 643 g/mol. The summed E-state index contributed by atoms with van der Waals surface area (Å²) < 4.78 is 6.52. The number of benzene rings is 7. The summed E-state index contributed by atoms with van der Waals surface area (Å²) in [7, 11) is 0. The van der Waals surface area contributed by atoms with Gasteiger partial charge in [0.05, 0.1) is 5.69 Å². The van der Waals surface area contributed by atoms with E-state index >= 15 is 0 Å². The number of nitrogens with zero attached hydrogens (tertiary/aromatic N) is 1. The van der Waals surface area contributed by atoms with E-state index in [1.54, 1.807) is 0 Å². The third-order valence-electron chi connectivity index (χ3n) is 11.5. The third kappa shape index (κ3) is 3.96. The van der Waals surface area contributed by atoms with Crippen molar-refractivity contribution in [1.82, 2.24) is 0 Å². The molecule has 0 unspecified atom stereocenters. The average molecular weight is 644 g/mol. The average Bonchev–Trinajstić information content (AvgIpc) is 3.72. The smallest absolute Gasteiger partial charge is 0.143 e. The Bertz CT molecular complexity index is 2670. The molecule has 50 heavy (non-hydrogen) atoms. The van der Waals surface area contributed by atoms with Gasteiger partial charge in [-0.3, -0.25) is 0 Å². The molecule has 1 aromatic heterocycles. The Hall–Kier alpha value is -5.86. The van der Waals surface area contributed by atoms with Crippen molar-refractivity contribution in [3.05, 3.63) is 174 Å². The van der Waals surface area contributed by atoms with Crippen molar-refractivity contribution in [1.29, 1.82) is 0 Å². The fourth-order valence-electron chi connectivity index (χ4n) is 8.97. The second-order valence-electron chi connectivity index (χ2n) is 14.9. The van der Waals surface area contributed by atoms with Gasteiger partial charge in [-0.15, -0.1) is 0 Å². The lowest BCUT2D eigenvalue weighted by Crippen LogP contribution is -2.17. The van der Waals surface area contributed by atoms with Gasteiger partial charge in [-0.25, -0.2) is 0 Å². The van der Waals surface area contributed by atoms with Crippen LogP contribution in [-0.4, -0.2) is 0 Å². The first-order valence-corrected chi connectivity index (χ1v) is 17.6. The molecular formula is C48H37NO. The zero-order chi connectivity index (χ0) is 33.8. The normalized spacial score (nSPS) is 14.7. The number of furan rings is 1. The van der Waals surface area contributed by atoms with E-state index in [9.17, 15) is 0 Å². The Morgan fingerprint density at radius 1 is 0.440 bits per heavy atom. The van der Waals surface area contributed by atoms with Crippen molar-refractivity contribution < 1.29 is 4.42 Å². The Balaban J connectivity index is 1.22. The molecular weight excluding hydrogens is 607 g/mol. The van der Waals surface area contributed by atoms with Gasteiger partial charge in [0.25, 0.3) is 0 Å². The fourth-order valence-corrected chi connectivity index (χ4v) is 8.97. The Morgan fingerprint density at radius 2 is 1.04 bits per heavy atom. The number of fused-ring (bicyclic) bond motifs is 9. The summed E-state index contributed by atoms with van der Waals surface area (Å²) in [4.78, 5) is 2.48. The zero-order valence-electron chi connectivity index (χ0n) is 28.8. The Morgan fingerprint density at radius 3 is 1.90 bits per heavy atom. The molecule has 7 aromatic carbocycles. The van der Waals surface area contributed by atoms with Crippen molar-refractivity contribution in [3.63, 3.8) is 0 Å². The number of para-hydroxylation sites is 2. The molecule has 0 bridgehead atoms. The molecule has 0 saturated heterocycles. The molecule has 2 aliphatic carbocycles. The third-order valence-corrected chi connectivity index (χ3v) is 11.5. The van der Waals surface area contributed by atoms with Crippen LogP contribution in [0.4, 0.5) is 17.1 Å². The lowest BCUT2D eigenvalue weighted by molar-refractivity contribution is 0.660. The second kappa shape index (κ2) is 10.3. The maximum absolute atomic E-state index is 6.52. The van der Waals surface area contributed by atoms with E-state index in [1.165, 1.54) is 50.2 Å². The highest BCUT2D eigenvalue weighted by Gasteiger charge is 2.39. The maximum Gasteiger partial charge on any atom is 0.143 e. The van der Waals surface area contributed by atoms with E-state index in [4.69, 9.17) is 4.42 Å². The highest BCUT2D eigenvalue weighted by atomic mass is 16.3. The molecule has 2 heteroatoms. The molecule has 240 valence electrons. The van der Waals surface area contributed by atoms with Crippen molar-refractivity contribution in [3.8, 4) is 33.4 Å². The van der Waals surface area contributed by atoms with Crippen molar-refractivity contribution in [2.24, 2.45) is 0 Å². The standard InChI is InChI=1S/C48H37NO/c1-47(2)40-22-9-6-18-38(40)45-41(47)23-13-24-43(45)49(32-26-27-35-34-16-5-8-21-39(34)48(3,4)42(35)29-32)31-15-11-14-30(28-31)33-19-12-20-37-36-17-7-10-25-44(36)50-46(33)37/h5-29H,1-4H3. The molecule has 2 aliphatic rings. The van der Waals surface area contributed by atoms with Crippen LogP contribution in [0, 0.1) is 0 Å². The maximum atomic E-state index is 6.52. The number of rotatable bonds is 4. The Labute approximate surface area is 293 Å². The van der Waals surface area contributed by atoms with Crippen LogP contribution in [0.3, 0.4) is 0 Å². The second-order valence-corrected chi connectivity index (χ2v) is 14.9. The van der Waals surface area contributed by atoms with E-state index in [2.05, 4.69) is 178 Å². The molecule has 0 aliphatic heterocycles. The summed E-state index contributed by atoms with van der Waals surface area (Å²) in [5.41, 5.74) is 18.0. The topological polar surface area (TPSA) is 16.4 Å². The minimum Gasteiger partial charge on any atom is -0.455 e. The molecule has 0 atom stereocenters. The molecule has 1 heterocycles.